The van der Waals surface area contributed by atoms with Crippen molar-refractivity contribution in [1.82, 2.24) is 15.0 Å². The van der Waals surface area contributed by atoms with Gasteiger partial charge in [0.25, 0.3) is 0 Å². The molecule has 0 bridgehead atoms. The minimum absolute atomic E-state index is 0.103. The zero-order chi connectivity index (χ0) is 40.7. The number of furan rings is 1. The monoisotopic (exact) mass is 612 g/mol. The van der Waals surface area contributed by atoms with Crippen molar-refractivity contribution < 1.29 is 19.5 Å². The molecule has 0 fully saturated rings. The van der Waals surface area contributed by atoms with Crippen molar-refractivity contribution >= 4 is 32.7 Å². The highest BCUT2D eigenvalue weighted by molar-refractivity contribution is 6.13. The van der Waals surface area contributed by atoms with Gasteiger partial charge in [-0.15, -0.1) is 0 Å². The summed E-state index contributed by atoms with van der Waals surface area (Å²) in [5, 5.41) is 1.52. The summed E-state index contributed by atoms with van der Waals surface area (Å²) in [5.74, 6) is 0.376. The van der Waals surface area contributed by atoms with Crippen LogP contribution in [-0.4, -0.2) is 15.0 Å². The summed E-state index contributed by atoms with van der Waals surface area (Å²) in [6.45, 7) is 0. The Hall–Kier alpha value is -6.39. The predicted molar refractivity (Wildman–Crippen MR) is 192 cm³/mol. The molecule has 0 aliphatic carbocycles. The number of hydrogen-bond acceptors (Lipinski definition) is 4. The molecule has 0 saturated heterocycles. The highest BCUT2D eigenvalue weighted by Crippen LogP contribution is 2.38. The van der Waals surface area contributed by atoms with Crippen molar-refractivity contribution in [3.8, 4) is 56.4 Å². The van der Waals surface area contributed by atoms with E-state index < -0.39 is 72.0 Å². The first kappa shape index (κ1) is 17.9. The van der Waals surface area contributed by atoms with Gasteiger partial charge < -0.3 is 4.42 Å². The van der Waals surface area contributed by atoms with Crippen molar-refractivity contribution in [2.75, 3.05) is 0 Å². The molecule has 0 aliphatic heterocycles. The number of aromatic nitrogens is 3. The fraction of sp³-hybridized carbons (Fsp3) is 0. The molecule has 9 rings (SSSR count). The van der Waals surface area contributed by atoms with E-state index in [1.54, 1.807) is 0 Å². The van der Waals surface area contributed by atoms with Crippen LogP contribution in [0.1, 0.15) is 15.1 Å². The maximum Gasteiger partial charge on any atom is 0.164 e. The van der Waals surface area contributed by atoms with Gasteiger partial charge >= 0.3 is 0 Å². The van der Waals surface area contributed by atoms with Gasteiger partial charge in [-0.05, 0) is 63.3 Å². The lowest BCUT2D eigenvalue weighted by atomic mass is 9.99. The molecule has 7 aromatic carbocycles. The average molecular weight is 613 g/mol. The molecule has 4 heteroatoms. The molecule has 220 valence electrons. The summed E-state index contributed by atoms with van der Waals surface area (Å²) < 4.78 is 102. The van der Waals surface area contributed by atoms with Crippen LogP contribution < -0.4 is 0 Å². The molecule has 9 aromatic rings. The Morgan fingerprint density at radius 2 is 1.09 bits per heavy atom. The van der Waals surface area contributed by atoms with E-state index in [9.17, 15) is 4.11 Å². The van der Waals surface area contributed by atoms with E-state index in [4.69, 9.17) is 30.3 Å². The normalized spacial score (nSPS) is 14.7. The summed E-state index contributed by atoms with van der Waals surface area (Å²) in [6.07, 6.45) is 0. The molecule has 0 aliphatic rings. The van der Waals surface area contributed by atoms with Crippen LogP contribution in [0.3, 0.4) is 0 Å². The zero-order valence-electron chi connectivity index (χ0n) is 35.5. The number of rotatable bonds is 5. The van der Waals surface area contributed by atoms with Crippen LogP contribution in [0, 0.1) is 0 Å². The first-order chi connectivity index (χ1) is 27.8. The van der Waals surface area contributed by atoms with Crippen molar-refractivity contribution in [2.45, 2.75) is 0 Å². The Morgan fingerprint density at radius 3 is 1.83 bits per heavy atom. The van der Waals surface area contributed by atoms with Gasteiger partial charge in [0.1, 0.15) is 11.2 Å². The first-order valence-corrected chi connectivity index (χ1v) is 14.8. The molecule has 0 atom stereocenters. The van der Waals surface area contributed by atoms with Gasteiger partial charge in [0.2, 0.25) is 0 Å². The van der Waals surface area contributed by atoms with E-state index in [0.717, 1.165) is 21.9 Å². The van der Waals surface area contributed by atoms with Crippen LogP contribution in [0.15, 0.2) is 168 Å². The maximum absolute atomic E-state index is 9.42. The van der Waals surface area contributed by atoms with Gasteiger partial charge in [-0.25, -0.2) is 15.0 Å². The minimum atomic E-state index is -0.684. The Labute approximate surface area is 287 Å². The number of nitrogens with zero attached hydrogens (tertiary/aromatic N) is 3. The molecule has 47 heavy (non-hydrogen) atoms. The van der Waals surface area contributed by atoms with Crippen molar-refractivity contribution in [3.63, 3.8) is 0 Å². The SMILES string of the molecule is [2H]c1c([2H])c([2H])c(-c2c([2H])c([2H])c([2H])c3oc4c([2H])c(-c5nc(-c6ccccc6)nc(-c6ccc7cc(-c8ccccc8)ccc7c6)n5)c([2H])c([2H])c4c23)c([2H])c1[2H]. The molecule has 0 radical (unpaired) electrons. The molecule has 0 amide bonds. The lowest BCUT2D eigenvalue weighted by molar-refractivity contribution is 0.669. The van der Waals surface area contributed by atoms with Crippen molar-refractivity contribution in [2.24, 2.45) is 0 Å². The standard InChI is InChI=1S/C43H27N3O/c1-4-11-28(12-5-1)31-19-20-33-26-34(22-21-32(33)25-31)42-44-41(30-15-8-3-9-16-30)45-43(46-42)35-23-24-37-39(27-35)47-38-18-10-17-36(40(37)38)29-13-6-2-7-14-29/h1-27H/i2D,6D,7D,10D,13D,14D,17D,18D,23D,24D,27D. The third kappa shape index (κ3) is 4.93. The zero-order valence-corrected chi connectivity index (χ0v) is 24.5. The molecular weight excluding hydrogens is 574 g/mol. The maximum atomic E-state index is 9.42. The third-order valence-electron chi connectivity index (χ3n) is 7.92. The Bertz CT molecular complexity index is 3160. The van der Waals surface area contributed by atoms with E-state index in [2.05, 4.69) is 6.07 Å². The van der Waals surface area contributed by atoms with Crippen LogP contribution in [0.2, 0.25) is 0 Å². The van der Waals surface area contributed by atoms with Gasteiger partial charge in [-0.2, -0.15) is 0 Å². The Morgan fingerprint density at radius 1 is 0.447 bits per heavy atom. The number of benzene rings is 7. The Balaban J connectivity index is 1.29. The summed E-state index contributed by atoms with van der Waals surface area (Å²) in [6, 6.07) is 24.4. The molecule has 2 aromatic heterocycles. The molecule has 0 N–H and O–H groups in total. The van der Waals surface area contributed by atoms with Gasteiger partial charge in [0.05, 0.1) is 15.1 Å². The second-order valence-electron chi connectivity index (χ2n) is 10.8. The van der Waals surface area contributed by atoms with E-state index in [1.807, 2.05) is 91.0 Å². The molecule has 0 saturated carbocycles. The molecule has 2 heterocycles. The molecular formula is C43H27N3O. The molecule has 4 nitrogen and oxygen atoms in total. The molecule has 0 unspecified atom stereocenters. The van der Waals surface area contributed by atoms with Gasteiger partial charge in [-0.3, -0.25) is 0 Å². The molecule has 0 spiro atoms. The summed E-state index contributed by atoms with van der Waals surface area (Å²) in [5.41, 5.74) is 1.81. The van der Waals surface area contributed by atoms with Crippen molar-refractivity contribution in [3.05, 3.63) is 164 Å². The van der Waals surface area contributed by atoms with E-state index in [0.29, 0.717) is 11.1 Å². The summed E-state index contributed by atoms with van der Waals surface area (Å²) in [7, 11) is 0. The highest BCUT2D eigenvalue weighted by Gasteiger charge is 2.17. The van der Waals surface area contributed by atoms with Crippen LogP contribution in [0.5, 0.6) is 0 Å². The first-order valence-electron chi connectivity index (χ1n) is 20.3. The quantitative estimate of drug-likeness (QED) is 0.194. The lowest BCUT2D eigenvalue weighted by Crippen LogP contribution is -2.00. The fourth-order valence-corrected chi connectivity index (χ4v) is 5.65. The van der Waals surface area contributed by atoms with Crippen LogP contribution in [0.4, 0.5) is 0 Å². The van der Waals surface area contributed by atoms with Gasteiger partial charge in [0.15, 0.2) is 17.5 Å². The number of fused-ring (bicyclic) bond motifs is 4. The lowest BCUT2D eigenvalue weighted by Gasteiger charge is -2.10. The van der Waals surface area contributed by atoms with Crippen LogP contribution in [0.25, 0.3) is 89.1 Å². The fourth-order valence-electron chi connectivity index (χ4n) is 5.65. The van der Waals surface area contributed by atoms with Gasteiger partial charge in [0, 0.05) is 27.5 Å². The minimum Gasteiger partial charge on any atom is -0.456 e. The predicted octanol–water partition coefficient (Wildman–Crippen LogP) is 11.3. The number of hydrogen-bond donors (Lipinski definition) is 0. The van der Waals surface area contributed by atoms with Crippen LogP contribution in [-0.2, 0) is 0 Å². The van der Waals surface area contributed by atoms with Crippen molar-refractivity contribution in [1.29, 1.82) is 0 Å². The van der Waals surface area contributed by atoms with E-state index in [-0.39, 0.29) is 50.5 Å². The van der Waals surface area contributed by atoms with Crippen LogP contribution >= 0.6 is 0 Å². The highest BCUT2D eigenvalue weighted by atomic mass is 16.3. The smallest absolute Gasteiger partial charge is 0.164 e. The van der Waals surface area contributed by atoms with E-state index >= 15 is 0 Å². The van der Waals surface area contributed by atoms with E-state index in [1.165, 1.54) is 0 Å². The topological polar surface area (TPSA) is 51.8 Å². The third-order valence-corrected chi connectivity index (χ3v) is 7.92. The summed E-state index contributed by atoms with van der Waals surface area (Å²) >= 11 is 0. The second kappa shape index (κ2) is 11.2. The second-order valence-corrected chi connectivity index (χ2v) is 10.8. The van der Waals surface area contributed by atoms with Gasteiger partial charge in [-0.1, -0.05) is 133 Å². The largest absolute Gasteiger partial charge is 0.456 e. The Kier molecular flexibility index (Phi) is 4.27. The average Bonchev–Trinajstić information content (AvgIpc) is 3.66. The summed E-state index contributed by atoms with van der Waals surface area (Å²) in [4.78, 5) is 14.3.